The minimum Gasteiger partial charge on any atom is -0.356 e. The minimum absolute atomic E-state index is 0.0753. The number of aromatic nitrogens is 4. The van der Waals surface area contributed by atoms with Crippen LogP contribution in [-0.2, 0) is 6.42 Å². The van der Waals surface area contributed by atoms with E-state index in [1.165, 1.54) is 44.1 Å². The van der Waals surface area contributed by atoms with Gasteiger partial charge in [0, 0.05) is 43.3 Å². The number of carbonyl (C=O) groups excluding carboxylic acids is 1. The Kier molecular flexibility index (Phi) is 5.83. The lowest BCUT2D eigenvalue weighted by Crippen LogP contribution is -2.37. The van der Waals surface area contributed by atoms with E-state index < -0.39 is 0 Å². The zero-order chi connectivity index (χ0) is 21.2. The van der Waals surface area contributed by atoms with Crippen LogP contribution in [0.4, 0.5) is 5.82 Å². The van der Waals surface area contributed by atoms with Gasteiger partial charge in [-0.1, -0.05) is 19.3 Å². The fraction of sp³-hybridized carbons (Fsp3) is 0.625. The molecule has 0 bridgehead atoms. The molecule has 1 saturated heterocycles. The van der Waals surface area contributed by atoms with E-state index in [9.17, 15) is 4.79 Å². The van der Waals surface area contributed by atoms with E-state index in [0.717, 1.165) is 55.6 Å². The zero-order valence-corrected chi connectivity index (χ0v) is 18.5. The van der Waals surface area contributed by atoms with Gasteiger partial charge in [0.25, 0.3) is 5.91 Å². The van der Waals surface area contributed by atoms with Gasteiger partial charge in [-0.2, -0.15) is 0 Å². The van der Waals surface area contributed by atoms with Crippen LogP contribution in [0.5, 0.6) is 0 Å². The van der Waals surface area contributed by atoms with E-state index in [1.54, 1.807) is 18.6 Å². The number of anilines is 1. The highest BCUT2D eigenvalue weighted by atomic mass is 16.2. The highest BCUT2D eigenvalue weighted by Crippen LogP contribution is 2.36. The van der Waals surface area contributed by atoms with E-state index in [4.69, 9.17) is 9.97 Å². The summed E-state index contributed by atoms with van der Waals surface area (Å²) in [5, 5.41) is 0. The molecule has 0 unspecified atom stereocenters. The minimum atomic E-state index is -0.0861. The molecule has 2 fully saturated rings. The average molecular weight is 421 g/mol. The van der Waals surface area contributed by atoms with Crippen LogP contribution in [0.15, 0.2) is 18.6 Å². The largest absolute Gasteiger partial charge is 0.356 e. The van der Waals surface area contributed by atoms with Crippen molar-refractivity contribution in [1.29, 1.82) is 0 Å². The first-order chi connectivity index (χ1) is 15.2. The van der Waals surface area contributed by atoms with Crippen LogP contribution in [0.1, 0.15) is 85.0 Å². The molecule has 7 nitrogen and oxygen atoms in total. The number of hydrogen-bond acceptors (Lipinski definition) is 6. The van der Waals surface area contributed by atoms with Gasteiger partial charge in [0.15, 0.2) is 5.82 Å². The second-order valence-corrected chi connectivity index (χ2v) is 9.27. The molecule has 5 rings (SSSR count). The number of rotatable bonds is 4. The second-order valence-electron chi connectivity index (χ2n) is 9.27. The Hall–Kier alpha value is -2.57. The number of carbonyl (C=O) groups is 1. The molecule has 1 amide bonds. The predicted molar refractivity (Wildman–Crippen MR) is 119 cm³/mol. The SMILES string of the molecule is Cc1nc([C@H]2CCCN2C(=O)c2cnccn2)nc2c1CCCN2CC1CCCCC1. The summed E-state index contributed by atoms with van der Waals surface area (Å²) >= 11 is 0. The van der Waals surface area contributed by atoms with E-state index in [0.29, 0.717) is 12.2 Å². The Balaban J connectivity index is 1.42. The normalized spacial score (nSPS) is 21.9. The summed E-state index contributed by atoms with van der Waals surface area (Å²) in [6.45, 7) is 5.01. The van der Waals surface area contributed by atoms with Gasteiger partial charge in [0.2, 0.25) is 0 Å². The smallest absolute Gasteiger partial charge is 0.274 e. The molecule has 4 heterocycles. The highest BCUT2D eigenvalue weighted by molar-refractivity contribution is 5.92. The summed E-state index contributed by atoms with van der Waals surface area (Å²) in [5.74, 6) is 2.62. The maximum atomic E-state index is 13.1. The number of likely N-dealkylation sites (tertiary alicyclic amines) is 1. The third kappa shape index (κ3) is 4.14. The van der Waals surface area contributed by atoms with Gasteiger partial charge in [0.1, 0.15) is 11.5 Å². The molecule has 0 N–H and O–H groups in total. The molecule has 31 heavy (non-hydrogen) atoms. The lowest BCUT2D eigenvalue weighted by Gasteiger charge is -2.35. The molecule has 0 aromatic carbocycles. The topological polar surface area (TPSA) is 75.1 Å². The molecule has 2 aromatic heterocycles. The lowest BCUT2D eigenvalue weighted by atomic mass is 9.88. The van der Waals surface area contributed by atoms with E-state index in [1.807, 2.05) is 4.90 Å². The van der Waals surface area contributed by atoms with Gasteiger partial charge in [-0.05, 0) is 51.4 Å². The van der Waals surface area contributed by atoms with Crippen molar-refractivity contribution in [2.45, 2.75) is 70.8 Å². The summed E-state index contributed by atoms with van der Waals surface area (Å²) < 4.78 is 0. The van der Waals surface area contributed by atoms with Crippen LogP contribution in [0.3, 0.4) is 0 Å². The van der Waals surface area contributed by atoms with Crippen LogP contribution in [0.2, 0.25) is 0 Å². The molecule has 1 aliphatic carbocycles. The van der Waals surface area contributed by atoms with Crippen molar-refractivity contribution in [2.24, 2.45) is 5.92 Å². The lowest BCUT2D eigenvalue weighted by molar-refractivity contribution is 0.0723. The fourth-order valence-electron chi connectivity index (χ4n) is 5.55. The van der Waals surface area contributed by atoms with Crippen molar-refractivity contribution >= 4 is 11.7 Å². The Labute approximate surface area is 184 Å². The predicted octanol–water partition coefficient (Wildman–Crippen LogP) is 3.89. The zero-order valence-electron chi connectivity index (χ0n) is 18.5. The monoisotopic (exact) mass is 420 g/mol. The average Bonchev–Trinajstić information content (AvgIpc) is 3.30. The molecular weight excluding hydrogens is 388 g/mol. The number of fused-ring (bicyclic) bond motifs is 1. The summed E-state index contributed by atoms with van der Waals surface area (Å²) in [6.07, 6.45) is 15.6. The van der Waals surface area contributed by atoms with Gasteiger partial charge in [-0.3, -0.25) is 9.78 Å². The highest BCUT2D eigenvalue weighted by Gasteiger charge is 2.35. The molecule has 0 radical (unpaired) electrons. The number of amides is 1. The first-order valence-corrected chi connectivity index (χ1v) is 11.9. The summed E-state index contributed by atoms with van der Waals surface area (Å²) in [7, 11) is 0. The molecule has 1 atom stereocenters. The first-order valence-electron chi connectivity index (χ1n) is 11.9. The Bertz CT molecular complexity index is 927. The van der Waals surface area contributed by atoms with Gasteiger partial charge in [-0.25, -0.2) is 15.0 Å². The summed E-state index contributed by atoms with van der Waals surface area (Å²) in [5.41, 5.74) is 2.77. The molecule has 1 saturated carbocycles. The van der Waals surface area contributed by atoms with Crippen molar-refractivity contribution in [3.8, 4) is 0 Å². The maximum absolute atomic E-state index is 13.1. The maximum Gasteiger partial charge on any atom is 0.274 e. The van der Waals surface area contributed by atoms with Crippen molar-refractivity contribution in [3.05, 3.63) is 41.4 Å². The molecule has 7 heteroatoms. The van der Waals surface area contributed by atoms with Crippen molar-refractivity contribution < 1.29 is 4.79 Å². The third-order valence-corrected chi connectivity index (χ3v) is 7.16. The van der Waals surface area contributed by atoms with E-state index in [-0.39, 0.29) is 11.9 Å². The number of nitrogens with zero attached hydrogens (tertiary/aromatic N) is 6. The quantitative estimate of drug-likeness (QED) is 0.747. The van der Waals surface area contributed by atoms with E-state index in [2.05, 4.69) is 21.8 Å². The van der Waals surface area contributed by atoms with E-state index >= 15 is 0 Å². The number of aryl methyl sites for hydroxylation is 1. The van der Waals surface area contributed by atoms with Gasteiger partial charge < -0.3 is 9.80 Å². The van der Waals surface area contributed by atoms with Gasteiger partial charge >= 0.3 is 0 Å². The molecule has 0 spiro atoms. The molecular formula is C24H32N6O. The van der Waals surface area contributed by atoms with Crippen molar-refractivity contribution in [3.63, 3.8) is 0 Å². The molecule has 3 aliphatic rings. The van der Waals surface area contributed by atoms with Crippen LogP contribution in [0.25, 0.3) is 0 Å². The number of hydrogen-bond donors (Lipinski definition) is 0. The summed E-state index contributed by atoms with van der Waals surface area (Å²) in [4.78, 5) is 35.8. The molecule has 2 aromatic rings. The van der Waals surface area contributed by atoms with Crippen LogP contribution in [-0.4, -0.2) is 50.4 Å². The first kappa shape index (κ1) is 20.3. The fourth-order valence-corrected chi connectivity index (χ4v) is 5.55. The molecule has 2 aliphatic heterocycles. The second kappa shape index (κ2) is 8.89. The summed E-state index contributed by atoms with van der Waals surface area (Å²) in [6, 6.07) is -0.0861. The standard InChI is InChI=1S/C24H32N6O/c1-17-19-9-5-13-29(16-18-7-3-2-4-8-18)23(19)28-22(27-17)21-10-6-14-30(21)24(31)20-15-25-11-12-26-20/h11-12,15,18,21H,2-10,13-14,16H2,1H3/t21-/m1/s1. The third-order valence-electron chi connectivity index (χ3n) is 7.16. The van der Waals surface area contributed by atoms with Gasteiger partial charge in [-0.15, -0.1) is 0 Å². The Morgan fingerprint density at radius 1 is 1.03 bits per heavy atom. The Morgan fingerprint density at radius 2 is 1.90 bits per heavy atom. The van der Waals surface area contributed by atoms with Crippen LogP contribution >= 0.6 is 0 Å². The van der Waals surface area contributed by atoms with Crippen molar-refractivity contribution in [2.75, 3.05) is 24.5 Å². The molecule has 164 valence electrons. The van der Waals surface area contributed by atoms with Crippen molar-refractivity contribution in [1.82, 2.24) is 24.8 Å². The van der Waals surface area contributed by atoms with Crippen LogP contribution < -0.4 is 4.90 Å². The Morgan fingerprint density at radius 3 is 2.71 bits per heavy atom. The van der Waals surface area contributed by atoms with Gasteiger partial charge in [0.05, 0.1) is 12.2 Å². The van der Waals surface area contributed by atoms with Crippen LogP contribution in [0, 0.1) is 12.8 Å².